The van der Waals surface area contributed by atoms with Crippen molar-refractivity contribution in [1.29, 1.82) is 0 Å². The maximum atomic E-state index is 12.1. The number of nitrogens with one attached hydrogen (secondary N) is 1. The second-order valence-corrected chi connectivity index (χ2v) is 5.66. The van der Waals surface area contributed by atoms with Crippen molar-refractivity contribution in [2.75, 3.05) is 6.54 Å². The highest BCUT2D eigenvalue weighted by Gasteiger charge is 2.13. The van der Waals surface area contributed by atoms with Crippen molar-refractivity contribution in [1.82, 2.24) is 14.7 Å². The zero-order chi connectivity index (χ0) is 13.8. The van der Waals surface area contributed by atoms with E-state index in [-0.39, 0.29) is 5.91 Å². The van der Waals surface area contributed by atoms with Gasteiger partial charge in [-0.1, -0.05) is 32.1 Å². The molecule has 0 saturated heterocycles. The number of carbonyl (C=O) groups is 1. The van der Waals surface area contributed by atoms with Crippen LogP contribution in [0.5, 0.6) is 0 Å². The first kappa shape index (κ1) is 13.2. The molecule has 106 valence electrons. The van der Waals surface area contributed by atoms with Crippen molar-refractivity contribution in [3.63, 3.8) is 0 Å². The van der Waals surface area contributed by atoms with E-state index in [9.17, 15) is 4.79 Å². The summed E-state index contributed by atoms with van der Waals surface area (Å²) in [5.41, 5.74) is 1.56. The monoisotopic (exact) mass is 271 g/mol. The first-order valence-corrected chi connectivity index (χ1v) is 7.54. The van der Waals surface area contributed by atoms with Crippen LogP contribution in [0.25, 0.3) is 5.65 Å². The Bertz CT molecular complexity index is 584. The molecule has 1 N–H and O–H groups in total. The van der Waals surface area contributed by atoms with Crippen molar-refractivity contribution < 1.29 is 4.79 Å². The number of imidazole rings is 1. The highest BCUT2D eigenvalue weighted by Crippen LogP contribution is 2.25. The van der Waals surface area contributed by atoms with Crippen LogP contribution in [0.2, 0.25) is 0 Å². The molecule has 4 heteroatoms. The van der Waals surface area contributed by atoms with Crippen LogP contribution in [0.3, 0.4) is 0 Å². The first-order valence-electron chi connectivity index (χ1n) is 7.54. The third-order valence-corrected chi connectivity index (χ3v) is 4.21. The fraction of sp³-hybridized carbons (Fsp3) is 0.500. The smallest absolute Gasteiger partial charge is 0.252 e. The Balaban J connectivity index is 1.53. The van der Waals surface area contributed by atoms with Crippen molar-refractivity contribution in [3.8, 4) is 0 Å². The number of carbonyl (C=O) groups excluding carboxylic acids is 1. The number of amides is 1. The van der Waals surface area contributed by atoms with Crippen molar-refractivity contribution >= 4 is 11.6 Å². The molecule has 1 saturated carbocycles. The summed E-state index contributed by atoms with van der Waals surface area (Å²) in [6, 6.07) is 3.70. The minimum atomic E-state index is 0.0106. The van der Waals surface area contributed by atoms with E-state index in [1.54, 1.807) is 6.20 Å². The highest BCUT2D eigenvalue weighted by molar-refractivity contribution is 5.94. The lowest BCUT2D eigenvalue weighted by Gasteiger charge is -2.21. The summed E-state index contributed by atoms with van der Waals surface area (Å²) in [6.45, 7) is 0.783. The number of nitrogens with zero attached hydrogens (tertiary/aromatic N) is 2. The van der Waals surface area contributed by atoms with Crippen molar-refractivity contribution in [3.05, 3.63) is 36.3 Å². The molecule has 2 heterocycles. The average Bonchev–Trinajstić information content (AvgIpc) is 2.95. The highest BCUT2D eigenvalue weighted by atomic mass is 16.1. The Hall–Kier alpha value is -1.84. The predicted molar refractivity (Wildman–Crippen MR) is 78.7 cm³/mol. The number of hydrogen-bond donors (Lipinski definition) is 1. The third kappa shape index (κ3) is 3.00. The second-order valence-electron chi connectivity index (χ2n) is 5.66. The van der Waals surface area contributed by atoms with Gasteiger partial charge in [0.1, 0.15) is 5.65 Å². The summed E-state index contributed by atoms with van der Waals surface area (Å²) in [7, 11) is 0. The van der Waals surface area contributed by atoms with Crippen LogP contribution in [-0.4, -0.2) is 21.8 Å². The molecule has 20 heavy (non-hydrogen) atoms. The Morgan fingerprint density at radius 1 is 1.30 bits per heavy atom. The minimum Gasteiger partial charge on any atom is -0.352 e. The number of rotatable bonds is 4. The Labute approximate surface area is 119 Å². The molecule has 0 spiro atoms. The number of aromatic nitrogens is 2. The van der Waals surface area contributed by atoms with Crippen LogP contribution in [-0.2, 0) is 0 Å². The SMILES string of the molecule is O=C(NCCC1CCCCC1)c1ccc2nccn2c1. The third-order valence-electron chi connectivity index (χ3n) is 4.21. The van der Waals surface area contributed by atoms with E-state index in [1.165, 1.54) is 32.1 Å². The summed E-state index contributed by atoms with van der Waals surface area (Å²) >= 11 is 0. The average molecular weight is 271 g/mol. The maximum absolute atomic E-state index is 12.1. The van der Waals surface area contributed by atoms with E-state index in [2.05, 4.69) is 10.3 Å². The molecule has 3 rings (SSSR count). The molecule has 2 aromatic rings. The Morgan fingerprint density at radius 3 is 3.00 bits per heavy atom. The van der Waals surface area contributed by atoms with Gasteiger partial charge in [-0.15, -0.1) is 0 Å². The largest absolute Gasteiger partial charge is 0.352 e. The molecule has 4 nitrogen and oxygen atoms in total. The Kier molecular flexibility index (Phi) is 4.00. The van der Waals surface area contributed by atoms with Crippen molar-refractivity contribution in [2.24, 2.45) is 5.92 Å². The van der Waals surface area contributed by atoms with Crippen LogP contribution in [0, 0.1) is 5.92 Å². The number of fused-ring (bicyclic) bond motifs is 1. The van der Waals surface area contributed by atoms with Gasteiger partial charge in [-0.05, 0) is 24.5 Å². The zero-order valence-corrected chi connectivity index (χ0v) is 11.7. The van der Waals surface area contributed by atoms with Crippen LogP contribution >= 0.6 is 0 Å². The predicted octanol–water partition coefficient (Wildman–Crippen LogP) is 3.03. The lowest BCUT2D eigenvalue weighted by atomic mass is 9.87. The maximum Gasteiger partial charge on any atom is 0.252 e. The van der Waals surface area contributed by atoms with Gasteiger partial charge in [0, 0.05) is 25.1 Å². The zero-order valence-electron chi connectivity index (χ0n) is 11.7. The number of pyridine rings is 1. The standard InChI is InChI=1S/C16H21N3O/c20-16(18-9-8-13-4-2-1-3-5-13)14-6-7-15-17-10-11-19(15)12-14/h6-7,10-13H,1-5,8-9H2,(H,18,20). The van der Waals surface area contributed by atoms with E-state index in [4.69, 9.17) is 0 Å². The normalized spacial score (nSPS) is 16.4. The molecular formula is C16H21N3O. The van der Waals surface area contributed by atoms with E-state index in [0.29, 0.717) is 5.56 Å². The van der Waals surface area contributed by atoms with Crippen LogP contribution in [0.15, 0.2) is 30.7 Å². The van der Waals surface area contributed by atoms with Gasteiger partial charge in [0.25, 0.3) is 5.91 Å². The van der Waals surface area contributed by atoms with Crippen molar-refractivity contribution in [2.45, 2.75) is 38.5 Å². The summed E-state index contributed by atoms with van der Waals surface area (Å²) < 4.78 is 1.87. The second kappa shape index (κ2) is 6.07. The molecule has 1 aliphatic rings. The molecule has 0 atom stereocenters. The van der Waals surface area contributed by atoms with Gasteiger partial charge in [0.2, 0.25) is 0 Å². The summed E-state index contributed by atoms with van der Waals surface area (Å²) in [6.07, 6.45) is 13.3. The fourth-order valence-electron chi connectivity index (χ4n) is 3.02. The molecule has 1 aliphatic carbocycles. The summed E-state index contributed by atoms with van der Waals surface area (Å²) in [5.74, 6) is 0.816. The minimum absolute atomic E-state index is 0.0106. The lowest BCUT2D eigenvalue weighted by Crippen LogP contribution is -2.26. The van der Waals surface area contributed by atoms with Gasteiger partial charge in [0.15, 0.2) is 0 Å². The Morgan fingerprint density at radius 2 is 2.15 bits per heavy atom. The van der Waals surface area contributed by atoms with E-state index >= 15 is 0 Å². The molecule has 0 unspecified atom stereocenters. The molecule has 1 amide bonds. The molecule has 1 fully saturated rings. The summed E-state index contributed by atoms with van der Waals surface area (Å²) in [4.78, 5) is 16.3. The lowest BCUT2D eigenvalue weighted by molar-refractivity contribution is 0.0950. The molecule has 0 bridgehead atoms. The van der Waals surface area contributed by atoms with Crippen LogP contribution in [0.4, 0.5) is 0 Å². The van der Waals surface area contributed by atoms with Gasteiger partial charge in [-0.3, -0.25) is 4.79 Å². The summed E-state index contributed by atoms with van der Waals surface area (Å²) in [5, 5.41) is 3.03. The quantitative estimate of drug-likeness (QED) is 0.929. The van der Waals surface area contributed by atoms with E-state index in [0.717, 1.165) is 24.5 Å². The molecule has 2 aromatic heterocycles. The number of hydrogen-bond acceptors (Lipinski definition) is 2. The van der Waals surface area contributed by atoms with Crippen LogP contribution in [0.1, 0.15) is 48.9 Å². The molecular weight excluding hydrogens is 250 g/mol. The van der Waals surface area contributed by atoms with E-state index < -0.39 is 0 Å². The molecule has 0 aromatic carbocycles. The van der Waals surface area contributed by atoms with Crippen LogP contribution < -0.4 is 5.32 Å². The fourth-order valence-corrected chi connectivity index (χ4v) is 3.02. The van der Waals surface area contributed by atoms with Gasteiger partial charge in [-0.25, -0.2) is 4.98 Å². The van der Waals surface area contributed by atoms with Gasteiger partial charge >= 0.3 is 0 Å². The topological polar surface area (TPSA) is 46.4 Å². The van der Waals surface area contributed by atoms with E-state index in [1.807, 2.05) is 28.9 Å². The van der Waals surface area contributed by atoms with Gasteiger partial charge in [0.05, 0.1) is 5.56 Å². The molecule has 0 radical (unpaired) electrons. The van der Waals surface area contributed by atoms with Gasteiger partial charge in [-0.2, -0.15) is 0 Å². The molecule has 0 aliphatic heterocycles. The first-order chi connectivity index (χ1) is 9.83. The van der Waals surface area contributed by atoms with Gasteiger partial charge < -0.3 is 9.72 Å².